The first kappa shape index (κ1) is 28.3. The van der Waals surface area contributed by atoms with Crippen LogP contribution in [0.3, 0.4) is 0 Å². The second-order valence-electron chi connectivity index (χ2n) is 9.66. The molecule has 0 fully saturated rings. The second-order valence-corrected chi connectivity index (χ2v) is 11.9. The zero-order valence-corrected chi connectivity index (χ0v) is 24.6. The molecule has 0 saturated carbocycles. The number of thioether (sulfide) groups is 2. The summed E-state index contributed by atoms with van der Waals surface area (Å²) in [6, 6.07) is 33.4. The molecule has 4 nitrogen and oxygen atoms in total. The van der Waals surface area contributed by atoms with Crippen LogP contribution in [0.5, 0.6) is 11.5 Å². The molecular formula is C34H38N2O2S2. The van der Waals surface area contributed by atoms with Crippen molar-refractivity contribution in [3.63, 3.8) is 0 Å². The smallest absolute Gasteiger partial charge is 0.142 e. The fraction of sp³-hybridized carbons (Fsp3) is 0.294. The maximum Gasteiger partial charge on any atom is 0.142 e. The molecule has 0 unspecified atom stereocenters. The number of nitrogens with one attached hydrogen (secondary N) is 2. The van der Waals surface area contributed by atoms with E-state index in [4.69, 9.17) is 9.47 Å². The number of anilines is 2. The van der Waals surface area contributed by atoms with Gasteiger partial charge in [-0.25, -0.2) is 0 Å². The highest BCUT2D eigenvalue weighted by atomic mass is 32.2. The minimum atomic E-state index is 0.775. The summed E-state index contributed by atoms with van der Waals surface area (Å²) >= 11 is 3.79. The molecule has 0 aromatic heterocycles. The topological polar surface area (TPSA) is 42.5 Å². The fourth-order valence-electron chi connectivity index (χ4n) is 4.84. The molecule has 40 heavy (non-hydrogen) atoms. The number of para-hydroxylation sites is 4. The van der Waals surface area contributed by atoms with Gasteiger partial charge in [0.15, 0.2) is 0 Å². The predicted octanol–water partition coefficient (Wildman–Crippen LogP) is 8.43. The largest absolute Gasteiger partial charge is 0.492 e. The standard InChI is InChI=1S/C10H12.C8H9NO.C8H9NS.C8H8OS/c1-2-6-10-8-4-3-7-9(10)5-1;3*1-2-4-8-7(3-1)9-5-6-10-8/h1-2,5-6H,3-4,7-8H2;2*1-4,9H,5-6H2;1-4H,5-6H2. The minimum Gasteiger partial charge on any atom is -0.492 e. The number of benzene rings is 4. The van der Waals surface area contributed by atoms with Crippen molar-refractivity contribution in [1.29, 1.82) is 0 Å². The number of rotatable bonds is 0. The van der Waals surface area contributed by atoms with Crippen molar-refractivity contribution in [1.82, 2.24) is 0 Å². The first-order chi connectivity index (χ1) is 19.9. The van der Waals surface area contributed by atoms with Crippen LogP contribution in [0.2, 0.25) is 0 Å². The van der Waals surface area contributed by atoms with E-state index in [1.165, 1.54) is 46.9 Å². The lowest BCUT2D eigenvalue weighted by molar-refractivity contribution is 0.323. The summed E-state index contributed by atoms with van der Waals surface area (Å²) in [5.74, 6) is 4.28. The number of hydrogen-bond donors (Lipinski definition) is 2. The summed E-state index contributed by atoms with van der Waals surface area (Å²) in [6.07, 6.45) is 5.38. The molecule has 208 valence electrons. The maximum atomic E-state index is 5.40. The zero-order valence-electron chi connectivity index (χ0n) is 22.9. The third kappa shape index (κ3) is 8.39. The Bertz CT molecular complexity index is 1040. The van der Waals surface area contributed by atoms with Crippen molar-refractivity contribution in [2.75, 3.05) is 48.4 Å². The summed E-state index contributed by atoms with van der Waals surface area (Å²) in [5, 5.41) is 6.58. The first-order valence-corrected chi connectivity index (χ1v) is 16.2. The Morgan fingerprint density at radius 2 is 1.07 bits per heavy atom. The molecule has 3 aliphatic heterocycles. The molecule has 0 amide bonds. The van der Waals surface area contributed by atoms with E-state index in [0.717, 1.165) is 49.2 Å². The monoisotopic (exact) mass is 570 g/mol. The van der Waals surface area contributed by atoms with Crippen LogP contribution in [0, 0.1) is 0 Å². The van der Waals surface area contributed by atoms with Crippen molar-refractivity contribution >= 4 is 34.9 Å². The molecule has 0 radical (unpaired) electrons. The van der Waals surface area contributed by atoms with Crippen LogP contribution in [-0.2, 0) is 12.8 Å². The van der Waals surface area contributed by atoms with Gasteiger partial charge in [-0.05, 0) is 73.2 Å². The minimum absolute atomic E-state index is 0.775. The van der Waals surface area contributed by atoms with E-state index in [0.29, 0.717) is 0 Å². The molecule has 3 heterocycles. The van der Waals surface area contributed by atoms with Gasteiger partial charge >= 0.3 is 0 Å². The van der Waals surface area contributed by atoms with Gasteiger partial charge in [0.05, 0.1) is 12.3 Å². The van der Waals surface area contributed by atoms with Gasteiger partial charge in [-0.3, -0.25) is 0 Å². The van der Waals surface area contributed by atoms with E-state index in [-0.39, 0.29) is 0 Å². The molecule has 0 bridgehead atoms. The number of aryl methyl sites for hydroxylation is 2. The van der Waals surface area contributed by atoms with Gasteiger partial charge in [0.25, 0.3) is 0 Å². The van der Waals surface area contributed by atoms with E-state index >= 15 is 0 Å². The van der Waals surface area contributed by atoms with E-state index in [9.17, 15) is 0 Å². The highest BCUT2D eigenvalue weighted by molar-refractivity contribution is 7.99. The summed E-state index contributed by atoms with van der Waals surface area (Å²) in [6.45, 7) is 3.64. The van der Waals surface area contributed by atoms with Crippen LogP contribution in [0.4, 0.5) is 11.4 Å². The molecule has 4 aliphatic rings. The van der Waals surface area contributed by atoms with Crippen LogP contribution >= 0.6 is 23.5 Å². The Kier molecular flexibility index (Phi) is 11.0. The van der Waals surface area contributed by atoms with Crippen LogP contribution in [0.15, 0.2) is 107 Å². The van der Waals surface area contributed by atoms with Crippen molar-refractivity contribution in [2.24, 2.45) is 0 Å². The Hall–Kier alpha value is -3.22. The number of ether oxygens (including phenoxy) is 2. The quantitative estimate of drug-likeness (QED) is 0.221. The normalized spacial score (nSPS) is 15.6. The number of fused-ring (bicyclic) bond motifs is 4. The van der Waals surface area contributed by atoms with E-state index < -0.39 is 0 Å². The SMILES string of the molecule is c1ccc2c(c1)CCCC2.c1ccc2c(c1)NCCO2.c1ccc2c(c1)NCCS2.c1ccc2c(c1)OCCS2. The maximum absolute atomic E-state index is 5.40. The summed E-state index contributed by atoms with van der Waals surface area (Å²) in [5.41, 5.74) is 5.55. The fourth-order valence-corrected chi connectivity index (χ4v) is 6.56. The lowest BCUT2D eigenvalue weighted by atomic mass is 9.92. The molecular weight excluding hydrogens is 533 g/mol. The zero-order chi connectivity index (χ0) is 27.2. The van der Waals surface area contributed by atoms with Crippen molar-refractivity contribution < 1.29 is 9.47 Å². The molecule has 4 aromatic rings. The van der Waals surface area contributed by atoms with Crippen LogP contribution in [0.1, 0.15) is 24.0 Å². The van der Waals surface area contributed by atoms with Crippen LogP contribution in [0.25, 0.3) is 0 Å². The van der Waals surface area contributed by atoms with Gasteiger partial charge in [-0.2, -0.15) is 0 Å². The Labute approximate surface area is 247 Å². The van der Waals surface area contributed by atoms with Crippen molar-refractivity contribution in [2.45, 2.75) is 35.5 Å². The molecule has 0 saturated heterocycles. The molecule has 4 aromatic carbocycles. The Morgan fingerprint density at radius 3 is 1.80 bits per heavy atom. The predicted molar refractivity (Wildman–Crippen MR) is 172 cm³/mol. The summed E-state index contributed by atoms with van der Waals surface area (Å²) in [7, 11) is 0. The van der Waals surface area contributed by atoms with Crippen LogP contribution in [-0.4, -0.2) is 37.8 Å². The van der Waals surface area contributed by atoms with Gasteiger partial charge in [0, 0.05) is 40.1 Å². The van der Waals surface area contributed by atoms with Crippen molar-refractivity contribution in [3.8, 4) is 11.5 Å². The van der Waals surface area contributed by atoms with E-state index in [1.54, 1.807) is 11.1 Å². The Balaban J connectivity index is 0.000000108. The Morgan fingerprint density at radius 1 is 0.500 bits per heavy atom. The highest BCUT2D eigenvalue weighted by Gasteiger charge is 2.09. The molecule has 0 spiro atoms. The second kappa shape index (κ2) is 15.5. The molecule has 8 rings (SSSR count). The van der Waals surface area contributed by atoms with Gasteiger partial charge in [-0.15, -0.1) is 23.5 Å². The molecule has 1 aliphatic carbocycles. The lowest BCUT2D eigenvalue weighted by Gasteiger charge is -2.17. The summed E-state index contributed by atoms with van der Waals surface area (Å²) < 4.78 is 10.8. The third-order valence-corrected chi connectivity index (χ3v) is 8.93. The van der Waals surface area contributed by atoms with Gasteiger partial charge in [0.2, 0.25) is 0 Å². The highest BCUT2D eigenvalue weighted by Crippen LogP contribution is 2.32. The van der Waals surface area contributed by atoms with E-state index in [1.807, 2.05) is 66.0 Å². The third-order valence-electron chi connectivity index (χ3n) is 6.83. The van der Waals surface area contributed by atoms with Crippen molar-refractivity contribution in [3.05, 3.63) is 108 Å². The first-order valence-electron chi connectivity index (χ1n) is 14.2. The van der Waals surface area contributed by atoms with Gasteiger partial charge in [-0.1, -0.05) is 60.7 Å². The van der Waals surface area contributed by atoms with Crippen LogP contribution < -0.4 is 20.1 Å². The average molecular weight is 571 g/mol. The summed E-state index contributed by atoms with van der Waals surface area (Å²) in [4.78, 5) is 2.66. The molecule has 2 N–H and O–H groups in total. The average Bonchev–Trinajstić information content (AvgIpc) is 3.06. The lowest BCUT2D eigenvalue weighted by Crippen LogP contribution is -2.17. The van der Waals surface area contributed by atoms with E-state index in [2.05, 4.69) is 65.2 Å². The van der Waals surface area contributed by atoms with Gasteiger partial charge < -0.3 is 20.1 Å². The number of hydrogen-bond acceptors (Lipinski definition) is 6. The molecule has 6 heteroatoms. The van der Waals surface area contributed by atoms with Gasteiger partial charge in [0.1, 0.15) is 18.1 Å². The molecule has 0 atom stereocenters.